The highest BCUT2D eigenvalue weighted by molar-refractivity contribution is 5.94. The summed E-state index contributed by atoms with van der Waals surface area (Å²) in [7, 11) is 3.02. The highest BCUT2D eigenvalue weighted by Gasteiger charge is 2.13. The normalized spacial score (nSPS) is 10.3. The number of carbonyl (C=O) groups is 2. The van der Waals surface area contributed by atoms with Crippen LogP contribution in [0.1, 0.15) is 25.3 Å². The third kappa shape index (κ3) is 5.90. The summed E-state index contributed by atoms with van der Waals surface area (Å²) in [6, 6.07) is 12.5. The minimum Gasteiger partial charge on any atom is -0.497 e. The lowest BCUT2D eigenvalue weighted by Crippen LogP contribution is -2.24. The van der Waals surface area contributed by atoms with Crippen molar-refractivity contribution in [2.24, 2.45) is 0 Å². The van der Waals surface area contributed by atoms with E-state index in [1.807, 2.05) is 32.0 Å². The van der Waals surface area contributed by atoms with Gasteiger partial charge in [-0.05, 0) is 29.7 Å². The molecule has 2 rings (SSSR count). The Hall–Kier alpha value is -3.22. The number of para-hydroxylation sites is 1. The van der Waals surface area contributed by atoms with Crippen LogP contribution >= 0.6 is 0 Å². The minimum atomic E-state index is -0.629. The molecule has 0 spiro atoms. The van der Waals surface area contributed by atoms with E-state index in [0.717, 1.165) is 5.56 Å². The maximum atomic E-state index is 12.0. The van der Waals surface area contributed by atoms with E-state index in [0.29, 0.717) is 22.9 Å². The van der Waals surface area contributed by atoms with Crippen LogP contribution in [0.2, 0.25) is 0 Å². The Bertz CT molecular complexity index is 818. The smallest absolute Gasteiger partial charge is 0.344 e. The summed E-state index contributed by atoms with van der Waals surface area (Å²) < 4.78 is 20.8. The fraction of sp³-hybridized carbons (Fsp3) is 0.333. The Morgan fingerprint density at radius 1 is 0.964 bits per heavy atom. The first kappa shape index (κ1) is 21.1. The second kappa shape index (κ2) is 10.2. The molecule has 0 bridgehead atoms. The number of esters is 1. The van der Waals surface area contributed by atoms with Crippen LogP contribution in [0.3, 0.4) is 0 Å². The minimum absolute atomic E-state index is 0.262. The van der Waals surface area contributed by atoms with Gasteiger partial charge in [0.25, 0.3) is 5.91 Å². The van der Waals surface area contributed by atoms with E-state index in [2.05, 4.69) is 5.32 Å². The van der Waals surface area contributed by atoms with Gasteiger partial charge < -0.3 is 24.3 Å². The first-order chi connectivity index (χ1) is 13.4. The Labute approximate surface area is 164 Å². The lowest BCUT2D eigenvalue weighted by molar-refractivity contribution is -0.149. The number of nitrogens with one attached hydrogen (secondary N) is 1. The summed E-state index contributed by atoms with van der Waals surface area (Å²) in [4.78, 5) is 23.9. The van der Waals surface area contributed by atoms with Gasteiger partial charge in [-0.15, -0.1) is 0 Å². The number of hydrogen-bond acceptors (Lipinski definition) is 6. The van der Waals surface area contributed by atoms with Gasteiger partial charge in [0.05, 0.1) is 19.9 Å². The van der Waals surface area contributed by atoms with Crippen LogP contribution in [0.5, 0.6) is 17.2 Å². The predicted molar refractivity (Wildman–Crippen MR) is 105 cm³/mol. The van der Waals surface area contributed by atoms with Crippen LogP contribution in [0.4, 0.5) is 5.69 Å². The van der Waals surface area contributed by atoms with Crippen molar-refractivity contribution in [1.82, 2.24) is 0 Å². The molecule has 2 aromatic rings. The average molecular weight is 387 g/mol. The van der Waals surface area contributed by atoms with E-state index in [1.54, 1.807) is 24.3 Å². The number of carbonyl (C=O) groups excluding carboxylic acids is 2. The zero-order valence-corrected chi connectivity index (χ0v) is 16.5. The first-order valence-corrected chi connectivity index (χ1v) is 8.83. The molecule has 0 saturated heterocycles. The zero-order valence-electron chi connectivity index (χ0n) is 16.5. The highest BCUT2D eigenvalue weighted by atomic mass is 16.6. The molecule has 0 aliphatic carbocycles. The monoisotopic (exact) mass is 387 g/mol. The number of rotatable bonds is 9. The summed E-state index contributed by atoms with van der Waals surface area (Å²) in [5.41, 5.74) is 1.45. The van der Waals surface area contributed by atoms with E-state index in [9.17, 15) is 9.59 Å². The Morgan fingerprint density at radius 3 is 2.39 bits per heavy atom. The molecule has 0 radical (unpaired) electrons. The fourth-order valence-electron chi connectivity index (χ4n) is 2.50. The molecule has 0 fully saturated rings. The highest BCUT2D eigenvalue weighted by Crippen LogP contribution is 2.29. The van der Waals surface area contributed by atoms with E-state index < -0.39 is 18.5 Å². The maximum absolute atomic E-state index is 12.0. The second-order valence-corrected chi connectivity index (χ2v) is 6.26. The van der Waals surface area contributed by atoms with Gasteiger partial charge in [0.1, 0.15) is 17.2 Å². The lowest BCUT2D eigenvalue weighted by Gasteiger charge is -2.14. The topological polar surface area (TPSA) is 83.1 Å². The molecule has 1 N–H and O–H groups in total. The summed E-state index contributed by atoms with van der Waals surface area (Å²) in [6.07, 6.45) is 0. The Morgan fingerprint density at radius 2 is 1.71 bits per heavy atom. The Kier molecular flexibility index (Phi) is 7.68. The molecule has 2 aromatic carbocycles. The summed E-state index contributed by atoms with van der Waals surface area (Å²) in [5.74, 6) is 0.807. The SMILES string of the molecule is COc1ccc(NC(=O)COC(=O)COc2ccccc2C(C)C)c(OC)c1. The number of benzene rings is 2. The molecule has 0 atom stereocenters. The summed E-state index contributed by atoms with van der Waals surface area (Å²) >= 11 is 0. The van der Waals surface area contributed by atoms with Crippen LogP contribution < -0.4 is 19.5 Å². The molecule has 150 valence electrons. The van der Waals surface area contributed by atoms with Crippen LogP contribution in [-0.4, -0.2) is 39.3 Å². The van der Waals surface area contributed by atoms with Crippen molar-refractivity contribution in [2.45, 2.75) is 19.8 Å². The molecule has 0 saturated carbocycles. The summed E-state index contributed by atoms with van der Waals surface area (Å²) in [5, 5.41) is 2.63. The molecule has 7 nitrogen and oxygen atoms in total. The van der Waals surface area contributed by atoms with Gasteiger partial charge in [-0.1, -0.05) is 32.0 Å². The third-order valence-electron chi connectivity index (χ3n) is 3.93. The van der Waals surface area contributed by atoms with Crippen molar-refractivity contribution in [3.63, 3.8) is 0 Å². The fourth-order valence-corrected chi connectivity index (χ4v) is 2.50. The van der Waals surface area contributed by atoms with E-state index in [-0.39, 0.29) is 12.5 Å². The van der Waals surface area contributed by atoms with Crippen LogP contribution in [0.25, 0.3) is 0 Å². The first-order valence-electron chi connectivity index (χ1n) is 8.83. The van der Waals surface area contributed by atoms with Crippen LogP contribution in [-0.2, 0) is 14.3 Å². The molecule has 0 heterocycles. The van der Waals surface area contributed by atoms with Gasteiger partial charge in [0.2, 0.25) is 0 Å². The van der Waals surface area contributed by atoms with Gasteiger partial charge in [-0.2, -0.15) is 0 Å². The van der Waals surface area contributed by atoms with Gasteiger partial charge >= 0.3 is 5.97 Å². The van der Waals surface area contributed by atoms with Gasteiger partial charge in [-0.3, -0.25) is 4.79 Å². The molecular weight excluding hydrogens is 362 g/mol. The predicted octanol–water partition coefficient (Wildman–Crippen LogP) is 3.39. The molecule has 1 amide bonds. The largest absolute Gasteiger partial charge is 0.497 e. The number of methoxy groups -OCH3 is 2. The summed E-state index contributed by atoms with van der Waals surface area (Å²) in [6.45, 7) is 3.38. The molecule has 28 heavy (non-hydrogen) atoms. The second-order valence-electron chi connectivity index (χ2n) is 6.26. The van der Waals surface area contributed by atoms with Crippen LogP contribution in [0.15, 0.2) is 42.5 Å². The molecule has 7 heteroatoms. The molecule has 0 aromatic heterocycles. The maximum Gasteiger partial charge on any atom is 0.344 e. The number of hydrogen-bond donors (Lipinski definition) is 1. The van der Waals surface area contributed by atoms with E-state index >= 15 is 0 Å². The van der Waals surface area contributed by atoms with E-state index in [1.165, 1.54) is 14.2 Å². The molecule has 0 unspecified atom stereocenters. The quantitative estimate of drug-likeness (QED) is 0.664. The van der Waals surface area contributed by atoms with Crippen molar-refractivity contribution in [2.75, 3.05) is 32.8 Å². The molecule has 0 aliphatic rings. The van der Waals surface area contributed by atoms with Crippen molar-refractivity contribution in [3.05, 3.63) is 48.0 Å². The zero-order chi connectivity index (χ0) is 20.5. The molecular formula is C21H25NO6. The standard InChI is InChI=1S/C21H25NO6/c1-14(2)16-7-5-6-8-18(16)27-13-21(24)28-12-20(23)22-17-10-9-15(25-3)11-19(17)26-4/h5-11,14H,12-13H2,1-4H3,(H,22,23). The molecule has 0 aliphatic heterocycles. The van der Waals surface area contributed by atoms with Crippen molar-refractivity contribution in [3.8, 4) is 17.2 Å². The average Bonchev–Trinajstić information content (AvgIpc) is 2.71. The Balaban J connectivity index is 1.84. The van der Waals surface area contributed by atoms with Gasteiger partial charge in [0.15, 0.2) is 13.2 Å². The third-order valence-corrected chi connectivity index (χ3v) is 3.93. The van der Waals surface area contributed by atoms with Gasteiger partial charge in [-0.25, -0.2) is 4.79 Å². The number of amides is 1. The number of anilines is 1. The van der Waals surface area contributed by atoms with Crippen molar-refractivity contribution < 1.29 is 28.5 Å². The van der Waals surface area contributed by atoms with Crippen LogP contribution in [0, 0.1) is 0 Å². The number of ether oxygens (including phenoxy) is 4. The van der Waals surface area contributed by atoms with Crippen molar-refractivity contribution >= 4 is 17.6 Å². The lowest BCUT2D eigenvalue weighted by atomic mass is 10.0. The van der Waals surface area contributed by atoms with Crippen molar-refractivity contribution in [1.29, 1.82) is 0 Å². The van der Waals surface area contributed by atoms with E-state index in [4.69, 9.17) is 18.9 Å². The van der Waals surface area contributed by atoms with Gasteiger partial charge in [0, 0.05) is 6.07 Å².